The molecule has 0 fully saturated rings. The zero-order chi connectivity index (χ0) is 21.5. The number of ether oxygens (including phenoxy) is 2. The molecule has 0 unspecified atom stereocenters. The highest BCUT2D eigenvalue weighted by atomic mass is 32.2. The summed E-state index contributed by atoms with van der Waals surface area (Å²) in [5.41, 5.74) is 1.36. The van der Waals surface area contributed by atoms with Crippen molar-refractivity contribution in [1.29, 1.82) is 0 Å². The summed E-state index contributed by atoms with van der Waals surface area (Å²) >= 11 is 1.16. The summed E-state index contributed by atoms with van der Waals surface area (Å²) < 4.78 is 16.8. The lowest BCUT2D eigenvalue weighted by Crippen LogP contribution is -2.13. The van der Waals surface area contributed by atoms with Crippen LogP contribution in [0.2, 0.25) is 0 Å². The topological polar surface area (TPSA) is 86.5 Å². The first-order valence-electron chi connectivity index (χ1n) is 9.44. The fourth-order valence-corrected chi connectivity index (χ4v) is 3.29. The van der Waals surface area contributed by atoms with Gasteiger partial charge in [-0.1, -0.05) is 42.1 Å². The number of nitrogens with one attached hydrogen (secondary N) is 1. The maximum Gasteiger partial charge on any atom is 0.277 e. The zero-order valence-corrected chi connectivity index (χ0v) is 17.5. The molecule has 0 radical (unpaired) electrons. The van der Waals surface area contributed by atoms with Crippen LogP contribution in [0.15, 0.2) is 88.5 Å². The van der Waals surface area contributed by atoms with Gasteiger partial charge in [0.15, 0.2) is 0 Å². The zero-order valence-electron chi connectivity index (χ0n) is 16.6. The Morgan fingerprint density at radius 2 is 1.68 bits per heavy atom. The van der Waals surface area contributed by atoms with Crippen molar-refractivity contribution in [2.24, 2.45) is 0 Å². The van der Waals surface area contributed by atoms with Gasteiger partial charge in [-0.05, 0) is 48.5 Å². The molecule has 8 heteroatoms. The average Bonchev–Trinajstić information content (AvgIpc) is 3.28. The number of thioether (sulfide) groups is 1. The molecular formula is C23H19N3O4S. The lowest BCUT2D eigenvalue weighted by atomic mass is 10.2. The second-order valence-electron chi connectivity index (χ2n) is 6.35. The van der Waals surface area contributed by atoms with Gasteiger partial charge >= 0.3 is 0 Å². The van der Waals surface area contributed by atoms with E-state index in [4.69, 9.17) is 13.9 Å². The Hall–Kier alpha value is -3.78. The highest BCUT2D eigenvalue weighted by Crippen LogP contribution is 2.33. The highest BCUT2D eigenvalue weighted by Gasteiger charge is 2.15. The van der Waals surface area contributed by atoms with Crippen molar-refractivity contribution >= 4 is 23.4 Å². The summed E-state index contributed by atoms with van der Waals surface area (Å²) in [6.45, 7) is 0. The number of carbonyl (C=O) groups excluding carboxylic acids is 1. The van der Waals surface area contributed by atoms with Crippen molar-refractivity contribution in [3.63, 3.8) is 0 Å². The lowest BCUT2D eigenvalue weighted by molar-refractivity contribution is -0.113. The number of hydrogen-bond donors (Lipinski definition) is 1. The van der Waals surface area contributed by atoms with Gasteiger partial charge in [0.05, 0.1) is 18.4 Å². The molecule has 0 atom stereocenters. The van der Waals surface area contributed by atoms with E-state index in [2.05, 4.69) is 15.5 Å². The van der Waals surface area contributed by atoms with Gasteiger partial charge in [0.1, 0.15) is 17.2 Å². The Labute approximate surface area is 183 Å². The van der Waals surface area contributed by atoms with Crippen LogP contribution in [0.4, 0.5) is 5.69 Å². The summed E-state index contributed by atoms with van der Waals surface area (Å²) in [5.74, 6) is 2.32. The summed E-state index contributed by atoms with van der Waals surface area (Å²) in [6.07, 6.45) is 0. The van der Waals surface area contributed by atoms with E-state index < -0.39 is 0 Å². The third-order valence-electron chi connectivity index (χ3n) is 4.20. The quantitative estimate of drug-likeness (QED) is 0.379. The number of benzene rings is 3. The maximum atomic E-state index is 12.2. The number of nitrogens with zero attached hydrogens (tertiary/aromatic N) is 2. The average molecular weight is 433 g/mol. The van der Waals surface area contributed by atoms with Crippen molar-refractivity contribution in [3.05, 3.63) is 78.9 Å². The van der Waals surface area contributed by atoms with E-state index in [1.54, 1.807) is 31.4 Å². The second-order valence-corrected chi connectivity index (χ2v) is 7.28. The predicted molar refractivity (Wildman–Crippen MR) is 119 cm³/mol. The molecule has 1 aromatic heterocycles. The normalized spacial score (nSPS) is 10.5. The molecule has 0 aliphatic carbocycles. The molecule has 3 aromatic carbocycles. The smallest absolute Gasteiger partial charge is 0.277 e. The minimum Gasteiger partial charge on any atom is -0.497 e. The first-order chi connectivity index (χ1) is 15.2. The Morgan fingerprint density at radius 3 is 2.45 bits per heavy atom. The molecule has 1 amide bonds. The van der Waals surface area contributed by atoms with Crippen molar-refractivity contribution in [1.82, 2.24) is 10.2 Å². The molecule has 1 N–H and O–H groups in total. The molecule has 0 aliphatic heterocycles. The Bertz CT molecular complexity index is 1150. The van der Waals surface area contributed by atoms with Crippen LogP contribution in [-0.4, -0.2) is 29.0 Å². The van der Waals surface area contributed by atoms with Crippen LogP contribution >= 0.6 is 11.8 Å². The Kier molecular flexibility index (Phi) is 6.49. The number of aromatic nitrogens is 2. The van der Waals surface area contributed by atoms with Gasteiger partial charge in [0.2, 0.25) is 5.91 Å². The third kappa shape index (κ3) is 5.43. The molecule has 0 bridgehead atoms. The standard InChI is InChI=1S/C23H19N3O4S/c1-28-17-13-11-16(12-14-17)24-21(27)15-31-23-26-25-22(30-23)19-9-5-6-10-20(19)29-18-7-3-2-4-8-18/h2-14H,15H2,1H3,(H,24,27). The van der Waals surface area contributed by atoms with Gasteiger partial charge in [0.25, 0.3) is 11.1 Å². The SMILES string of the molecule is COc1ccc(NC(=O)CSc2nnc(-c3ccccc3Oc3ccccc3)o2)cc1. The number of methoxy groups -OCH3 is 1. The van der Waals surface area contributed by atoms with E-state index >= 15 is 0 Å². The van der Waals surface area contributed by atoms with Gasteiger partial charge in [0, 0.05) is 5.69 Å². The van der Waals surface area contributed by atoms with Gasteiger partial charge in [-0.2, -0.15) is 0 Å². The summed E-state index contributed by atoms with van der Waals surface area (Å²) in [6, 6.07) is 24.0. The summed E-state index contributed by atoms with van der Waals surface area (Å²) in [7, 11) is 1.59. The highest BCUT2D eigenvalue weighted by molar-refractivity contribution is 7.99. The van der Waals surface area contributed by atoms with E-state index in [0.29, 0.717) is 33.9 Å². The minimum atomic E-state index is -0.178. The predicted octanol–water partition coefficient (Wildman–Crippen LogP) is 5.27. The van der Waals surface area contributed by atoms with Gasteiger partial charge in [-0.3, -0.25) is 4.79 Å². The van der Waals surface area contributed by atoms with Crippen LogP contribution < -0.4 is 14.8 Å². The molecule has 4 rings (SSSR count). The van der Waals surface area contributed by atoms with E-state index in [1.807, 2.05) is 54.6 Å². The van der Waals surface area contributed by atoms with Crippen molar-refractivity contribution in [3.8, 4) is 28.7 Å². The van der Waals surface area contributed by atoms with Crippen molar-refractivity contribution in [2.75, 3.05) is 18.2 Å². The van der Waals surface area contributed by atoms with Crippen LogP contribution in [0.1, 0.15) is 0 Å². The molecule has 0 saturated heterocycles. The van der Waals surface area contributed by atoms with Crippen LogP contribution in [0.5, 0.6) is 17.2 Å². The number of para-hydroxylation sites is 2. The van der Waals surface area contributed by atoms with Crippen LogP contribution in [0.25, 0.3) is 11.5 Å². The minimum absolute atomic E-state index is 0.135. The van der Waals surface area contributed by atoms with Gasteiger partial charge < -0.3 is 19.2 Å². The van der Waals surface area contributed by atoms with Crippen LogP contribution in [0, 0.1) is 0 Å². The first kappa shape index (κ1) is 20.5. The maximum absolute atomic E-state index is 12.2. The van der Waals surface area contributed by atoms with Crippen molar-refractivity contribution < 1.29 is 18.7 Å². The molecule has 156 valence electrons. The number of rotatable bonds is 8. The van der Waals surface area contributed by atoms with Crippen LogP contribution in [0.3, 0.4) is 0 Å². The van der Waals surface area contributed by atoms with Gasteiger partial charge in [-0.25, -0.2) is 0 Å². The molecule has 0 spiro atoms. The number of carbonyl (C=O) groups is 1. The molecule has 31 heavy (non-hydrogen) atoms. The monoisotopic (exact) mass is 433 g/mol. The number of amides is 1. The van der Waals surface area contributed by atoms with E-state index in [9.17, 15) is 4.79 Å². The van der Waals surface area contributed by atoms with E-state index in [0.717, 1.165) is 17.5 Å². The number of hydrogen-bond acceptors (Lipinski definition) is 7. The fraction of sp³-hybridized carbons (Fsp3) is 0.0870. The fourth-order valence-electron chi connectivity index (χ4n) is 2.72. The summed E-state index contributed by atoms with van der Waals surface area (Å²) in [5, 5.41) is 11.3. The first-order valence-corrected chi connectivity index (χ1v) is 10.4. The number of anilines is 1. The van der Waals surface area contributed by atoms with Gasteiger partial charge in [-0.15, -0.1) is 10.2 Å². The van der Waals surface area contributed by atoms with E-state index in [1.165, 1.54) is 0 Å². The molecule has 7 nitrogen and oxygen atoms in total. The lowest BCUT2D eigenvalue weighted by Gasteiger charge is -2.08. The molecule has 1 heterocycles. The summed E-state index contributed by atoms with van der Waals surface area (Å²) in [4.78, 5) is 12.2. The third-order valence-corrected chi connectivity index (χ3v) is 5.01. The molecule has 0 aliphatic rings. The molecule has 4 aromatic rings. The van der Waals surface area contributed by atoms with Crippen LogP contribution in [-0.2, 0) is 4.79 Å². The van der Waals surface area contributed by atoms with E-state index in [-0.39, 0.29) is 11.7 Å². The second kappa shape index (κ2) is 9.82. The Morgan fingerprint density at radius 1 is 0.935 bits per heavy atom. The molecule has 0 saturated carbocycles. The Balaban J connectivity index is 1.39. The van der Waals surface area contributed by atoms with Crippen molar-refractivity contribution in [2.45, 2.75) is 5.22 Å². The molecular weight excluding hydrogens is 414 g/mol. The largest absolute Gasteiger partial charge is 0.497 e.